The summed E-state index contributed by atoms with van der Waals surface area (Å²) in [5.41, 5.74) is 6.37. The predicted octanol–water partition coefficient (Wildman–Crippen LogP) is 2.93. The molecule has 0 aromatic heterocycles. The first-order valence-electron chi connectivity index (χ1n) is 7.25. The fraction of sp³-hybridized carbons (Fsp3) is 0.533. The van der Waals surface area contributed by atoms with Crippen LogP contribution < -0.4 is 5.73 Å². The maximum absolute atomic E-state index is 12.6. The van der Waals surface area contributed by atoms with E-state index in [-0.39, 0.29) is 5.91 Å². The van der Waals surface area contributed by atoms with Crippen molar-refractivity contribution in [3.8, 4) is 0 Å². The van der Waals surface area contributed by atoms with Crippen LogP contribution in [0.1, 0.15) is 32.6 Å². The largest absolute Gasteiger partial charge is 0.398 e. The van der Waals surface area contributed by atoms with Gasteiger partial charge in [0.05, 0.1) is 15.7 Å². The summed E-state index contributed by atoms with van der Waals surface area (Å²) in [4.78, 5) is 14.9. The Morgan fingerprint density at radius 2 is 1.90 bits per heavy atom. The van der Waals surface area contributed by atoms with Gasteiger partial charge in [0.2, 0.25) is 5.91 Å². The minimum atomic E-state index is -1.42. The molecule has 1 aliphatic rings. The number of amides is 1. The second-order valence-electron chi connectivity index (χ2n) is 5.36. The molecule has 2 unspecified atom stereocenters. The second kappa shape index (κ2) is 7.40. The molecular formula is C15H21BrN2O2S. The molecule has 0 saturated carbocycles. The van der Waals surface area contributed by atoms with Crippen LogP contribution in [-0.4, -0.2) is 33.4 Å². The third-order valence-corrected chi connectivity index (χ3v) is 5.92. The van der Waals surface area contributed by atoms with Gasteiger partial charge >= 0.3 is 0 Å². The molecule has 0 radical (unpaired) electrons. The molecule has 21 heavy (non-hydrogen) atoms. The van der Waals surface area contributed by atoms with Crippen molar-refractivity contribution in [1.29, 1.82) is 0 Å². The van der Waals surface area contributed by atoms with Crippen LogP contribution in [-0.2, 0) is 15.6 Å². The van der Waals surface area contributed by atoms with Crippen LogP contribution in [0.15, 0.2) is 27.6 Å². The van der Waals surface area contributed by atoms with Crippen LogP contribution in [0.5, 0.6) is 0 Å². The first-order chi connectivity index (χ1) is 10.0. The van der Waals surface area contributed by atoms with Gasteiger partial charge in [-0.3, -0.25) is 9.00 Å². The third-order valence-electron chi connectivity index (χ3n) is 3.78. The summed E-state index contributed by atoms with van der Waals surface area (Å²) >= 11 is 3.33. The van der Waals surface area contributed by atoms with Gasteiger partial charge in [0.25, 0.3) is 0 Å². The fourth-order valence-electron chi connectivity index (χ4n) is 2.53. The van der Waals surface area contributed by atoms with E-state index in [9.17, 15) is 9.00 Å². The van der Waals surface area contributed by atoms with Crippen LogP contribution in [0.3, 0.4) is 0 Å². The maximum atomic E-state index is 12.6. The minimum Gasteiger partial charge on any atom is -0.398 e. The number of hydrogen-bond acceptors (Lipinski definition) is 3. The molecule has 1 saturated heterocycles. The van der Waals surface area contributed by atoms with Crippen molar-refractivity contribution in [1.82, 2.24) is 4.90 Å². The lowest BCUT2D eigenvalue weighted by atomic mass is 10.2. The lowest BCUT2D eigenvalue weighted by molar-refractivity contribution is -0.130. The Hall–Kier alpha value is -0.880. The number of nitrogens with two attached hydrogens (primary N) is 1. The Labute approximate surface area is 136 Å². The average Bonchev–Trinajstić information content (AvgIpc) is 2.74. The second-order valence-corrected chi connectivity index (χ2v) is 8.02. The maximum Gasteiger partial charge on any atom is 0.238 e. The summed E-state index contributed by atoms with van der Waals surface area (Å²) in [6, 6.07) is 5.24. The van der Waals surface area contributed by atoms with Gasteiger partial charge in [0.1, 0.15) is 5.25 Å². The highest BCUT2D eigenvalue weighted by molar-refractivity contribution is 9.10. The van der Waals surface area contributed by atoms with Gasteiger partial charge in [0, 0.05) is 23.2 Å². The molecule has 6 heteroatoms. The first-order valence-corrected chi connectivity index (χ1v) is 9.25. The standard InChI is InChI=1S/C15H21BrN2O2S/c1-11(15(19)18-8-4-2-3-5-9-18)21(20)14-7-6-12(16)10-13(14)17/h6-7,10-11H,2-5,8-9,17H2,1H3. The number of likely N-dealkylation sites (tertiary alicyclic amines) is 1. The summed E-state index contributed by atoms with van der Waals surface area (Å²) < 4.78 is 13.5. The van der Waals surface area contributed by atoms with Crippen molar-refractivity contribution in [2.75, 3.05) is 18.8 Å². The lowest BCUT2D eigenvalue weighted by Crippen LogP contribution is -2.40. The number of carbonyl (C=O) groups is 1. The summed E-state index contributed by atoms with van der Waals surface area (Å²) in [5, 5.41) is -0.563. The molecule has 0 spiro atoms. The van der Waals surface area contributed by atoms with Crippen LogP contribution in [0.2, 0.25) is 0 Å². The summed E-state index contributed by atoms with van der Waals surface area (Å²) in [7, 11) is -1.42. The molecule has 1 aliphatic heterocycles. The van der Waals surface area contributed by atoms with Crippen LogP contribution in [0.25, 0.3) is 0 Å². The van der Waals surface area contributed by atoms with Crippen molar-refractivity contribution in [3.05, 3.63) is 22.7 Å². The number of carbonyl (C=O) groups excluding carboxylic acids is 1. The van der Waals surface area contributed by atoms with Crippen LogP contribution >= 0.6 is 15.9 Å². The SMILES string of the molecule is CC(C(=O)N1CCCCCC1)S(=O)c1ccc(Br)cc1N. The van der Waals surface area contributed by atoms with Crippen molar-refractivity contribution in [3.63, 3.8) is 0 Å². The topological polar surface area (TPSA) is 63.4 Å². The molecule has 0 bridgehead atoms. The smallest absolute Gasteiger partial charge is 0.238 e. The molecule has 1 fully saturated rings. The average molecular weight is 373 g/mol. The van der Waals surface area contributed by atoms with E-state index in [1.165, 1.54) is 12.8 Å². The zero-order valence-corrected chi connectivity index (χ0v) is 14.6. The number of rotatable bonds is 3. The highest BCUT2D eigenvalue weighted by Crippen LogP contribution is 2.24. The highest BCUT2D eigenvalue weighted by atomic mass is 79.9. The molecule has 2 atom stereocenters. The van der Waals surface area contributed by atoms with Gasteiger partial charge in [-0.1, -0.05) is 28.8 Å². The number of nitrogen functional groups attached to an aromatic ring is 1. The molecular weight excluding hydrogens is 352 g/mol. The summed E-state index contributed by atoms with van der Waals surface area (Å²) in [6.45, 7) is 3.28. The van der Waals surface area contributed by atoms with Crippen LogP contribution in [0.4, 0.5) is 5.69 Å². The van der Waals surface area contributed by atoms with E-state index in [0.29, 0.717) is 10.6 Å². The first kappa shape index (κ1) is 16.5. The van der Waals surface area contributed by atoms with Crippen molar-refractivity contribution in [2.45, 2.75) is 42.8 Å². The quantitative estimate of drug-likeness (QED) is 0.829. The molecule has 1 aromatic carbocycles. The van der Waals surface area contributed by atoms with E-state index in [1.54, 1.807) is 25.1 Å². The van der Waals surface area contributed by atoms with E-state index in [4.69, 9.17) is 5.73 Å². The Morgan fingerprint density at radius 1 is 1.29 bits per heavy atom. The number of nitrogens with zero attached hydrogens (tertiary/aromatic N) is 1. The molecule has 0 aliphatic carbocycles. The van der Waals surface area contributed by atoms with Crippen molar-refractivity contribution >= 4 is 38.3 Å². The molecule has 2 N–H and O–H groups in total. The normalized spacial score (nSPS) is 18.9. The number of hydrogen-bond donors (Lipinski definition) is 1. The van der Waals surface area contributed by atoms with Gasteiger partial charge in [-0.25, -0.2) is 0 Å². The predicted molar refractivity (Wildman–Crippen MR) is 89.5 cm³/mol. The number of benzene rings is 1. The van der Waals surface area contributed by atoms with Gasteiger partial charge in [-0.15, -0.1) is 0 Å². The third kappa shape index (κ3) is 4.07. The van der Waals surface area contributed by atoms with E-state index in [1.807, 2.05) is 4.90 Å². The Kier molecular flexibility index (Phi) is 5.81. The fourth-order valence-corrected chi connectivity index (χ4v) is 4.12. The molecule has 1 aromatic rings. The van der Waals surface area contributed by atoms with E-state index in [0.717, 1.165) is 30.4 Å². The Balaban J connectivity index is 2.12. The van der Waals surface area contributed by atoms with Gasteiger partial charge in [-0.05, 0) is 38.0 Å². The minimum absolute atomic E-state index is 0.0300. The Bertz CT molecular complexity index is 542. The molecule has 4 nitrogen and oxygen atoms in total. The van der Waals surface area contributed by atoms with Crippen molar-refractivity contribution in [2.24, 2.45) is 0 Å². The van der Waals surface area contributed by atoms with E-state index < -0.39 is 16.0 Å². The zero-order valence-electron chi connectivity index (χ0n) is 12.2. The molecule has 1 heterocycles. The lowest BCUT2D eigenvalue weighted by Gasteiger charge is -2.24. The van der Waals surface area contributed by atoms with Gasteiger partial charge in [-0.2, -0.15) is 0 Å². The molecule has 1 amide bonds. The van der Waals surface area contributed by atoms with Gasteiger partial charge in [0.15, 0.2) is 0 Å². The van der Waals surface area contributed by atoms with Crippen molar-refractivity contribution < 1.29 is 9.00 Å². The van der Waals surface area contributed by atoms with Crippen LogP contribution in [0, 0.1) is 0 Å². The number of halogens is 1. The monoisotopic (exact) mass is 372 g/mol. The highest BCUT2D eigenvalue weighted by Gasteiger charge is 2.27. The van der Waals surface area contributed by atoms with E-state index in [2.05, 4.69) is 15.9 Å². The van der Waals surface area contributed by atoms with E-state index >= 15 is 0 Å². The molecule has 2 rings (SSSR count). The van der Waals surface area contributed by atoms with Gasteiger partial charge < -0.3 is 10.6 Å². The summed E-state index contributed by atoms with van der Waals surface area (Å²) in [6.07, 6.45) is 4.40. The summed E-state index contributed by atoms with van der Waals surface area (Å²) in [5.74, 6) is -0.0300. The zero-order chi connectivity index (χ0) is 15.4. The Morgan fingerprint density at radius 3 is 2.48 bits per heavy atom. The number of anilines is 1. The molecule has 116 valence electrons.